The molecule has 1 aliphatic heterocycles. The number of hydrogen-bond donors (Lipinski definition) is 0. The van der Waals surface area contributed by atoms with Crippen molar-refractivity contribution in [2.24, 2.45) is 0 Å². The second-order valence-electron chi connectivity index (χ2n) is 11.3. The molecule has 0 saturated carbocycles. The van der Waals surface area contributed by atoms with Crippen LogP contribution in [0.15, 0.2) is 91.0 Å². The monoisotopic (exact) mass is 549 g/mol. The Hall–Kier alpha value is -4.65. The molecule has 0 saturated heterocycles. The fraction of sp³-hybridized carbons (Fsp3) is 0.265. The van der Waals surface area contributed by atoms with Crippen molar-refractivity contribution in [2.75, 3.05) is 80.9 Å². The molecule has 1 unspecified atom stereocenters. The Morgan fingerprint density at radius 3 is 1.27 bits per heavy atom. The summed E-state index contributed by atoms with van der Waals surface area (Å²) in [4.78, 5) is 24.1. The van der Waals surface area contributed by atoms with Crippen LogP contribution in [0.3, 0.4) is 0 Å². The molecule has 0 fully saturated rings. The van der Waals surface area contributed by atoms with Crippen molar-refractivity contribution in [3.05, 3.63) is 108 Å². The van der Waals surface area contributed by atoms with Gasteiger partial charge in [0.15, 0.2) is 0 Å². The second-order valence-corrected chi connectivity index (χ2v) is 11.3. The van der Waals surface area contributed by atoms with Crippen LogP contribution in [0.25, 0.3) is 0 Å². The van der Waals surface area contributed by atoms with Crippen molar-refractivity contribution in [1.29, 1.82) is 0 Å². The molecule has 0 aliphatic carbocycles. The highest BCUT2D eigenvalue weighted by Crippen LogP contribution is 2.51. The first-order valence-corrected chi connectivity index (χ1v) is 13.7. The van der Waals surface area contributed by atoms with Crippen molar-refractivity contribution in [3.8, 4) is 0 Å². The molecular formula is C34H39N5O2. The maximum absolute atomic E-state index is 13.8. The van der Waals surface area contributed by atoms with Gasteiger partial charge in [-0.25, -0.2) is 4.79 Å². The smallest absolute Gasteiger partial charge is 0.341 e. The lowest BCUT2D eigenvalue weighted by atomic mass is 9.89. The van der Waals surface area contributed by atoms with Gasteiger partial charge < -0.3 is 24.3 Å². The molecule has 5 rings (SSSR count). The predicted molar refractivity (Wildman–Crippen MR) is 171 cm³/mol. The zero-order valence-electron chi connectivity index (χ0n) is 25.2. The summed E-state index contributed by atoms with van der Waals surface area (Å²) in [5.74, 6) is -0.347. The van der Waals surface area contributed by atoms with Crippen molar-refractivity contribution < 1.29 is 9.53 Å². The quantitative estimate of drug-likeness (QED) is 0.244. The summed E-state index contributed by atoms with van der Waals surface area (Å²) in [6, 6.07) is 31.0. The van der Waals surface area contributed by atoms with Crippen molar-refractivity contribution >= 4 is 40.1 Å². The minimum absolute atomic E-state index is 0.347. The molecule has 1 aliphatic rings. The number of carbonyl (C=O) groups excluding carboxylic acids is 1. The third kappa shape index (κ3) is 4.92. The van der Waals surface area contributed by atoms with E-state index in [0.717, 1.165) is 45.3 Å². The molecule has 0 amide bonds. The topological polar surface area (TPSA) is 42.5 Å². The van der Waals surface area contributed by atoms with Crippen LogP contribution in [0.4, 0.5) is 34.1 Å². The Morgan fingerprint density at radius 2 is 0.854 bits per heavy atom. The summed E-state index contributed by atoms with van der Waals surface area (Å²) in [6.07, 6.45) is 0. The highest BCUT2D eigenvalue weighted by Gasteiger charge is 2.52. The van der Waals surface area contributed by atoms with Gasteiger partial charge in [-0.15, -0.1) is 0 Å². The van der Waals surface area contributed by atoms with E-state index in [1.54, 1.807) is 0 Å². The summed E-state index contributed by atoms with van der Waals surface area (Å²) in [5.41, 5.74) is 6.98. The van der Waals surface area contributed by atoms with Crippen LogP contribution in [-0.4, -0.2) is 62.4 Å². The molecule has 0 N–H and O–H groups in total. The van der Waals surface area contributed by atoms with Crippen LogP contribution in [0.1, 0.15) is 21.5 Å². The third-order valence-electron chi connectivity index (χ3n) is 7.68. The van der Waals surface area contributed by atoms with Gasteiger partial charge in [0.05, 0.1) is 5.56 Å². The highest BCUT2D eigenvalue weighted by molar-refractivity contribution is 5.98. The lowest BCUT2D eigenvalue weighted by molar-refractivity contribution is 0.0134. The van der Waals surface area contributed by atoms with Crippen molar-refractivity contribution in [1.82, 2.24) is 0 Å². The number of esters is 1. The Kier molecular flexibility index (Phi) is 7.30. The average molecular weight is 550 g/mol. The minimum Gasteiger partial charge on any atom is -0.426 e. The molecule has 4 aromatic rings. The Morgan fingerprint density at radius 1 is 0.488 bits per heavy atom. The summed E-state index contributed by atoms with van der Waals surface area (Å²) in [5, 5.41) is 0. The molecular weight excluding hydrogens is 510 g/mol. The molecule has 4 aromatic carbocycles. The van der Waals surface area contributed by atoms with Crippen LogP contribution >= 0.6 is 0 Å². The second kappa shape index (κ2) is 10.7. The van der Waals surface area contributed by atoms with Gasteiger partial charge in [0.2, 0.25) is 5.72 Å². The number of benzene rings is 4. The van der Waals surface area contributed by atoms with E-state index in [9.17, 15) is 4.79 Å². The van der Waals surface area contributed by atoms with Crippen molar-refractivity contribution in [3.63, 3.8) is 0 Å². The maximum atomic E-state index is 13.8. The molecule has 41 heavy (non-hydrogen) atoms. The largest absolute Gasteiger partial charge is 0.426 e. The SMILES string of the molecule is CN(C)c1ccc(N(c2ccc(N(C)C)cc2)C2(c3ccc(N(C)C)cc3)OC(=O)c3cc(N(C)C)ccc32)cc1. The molecule has 0 bridgehead atoms. The van der Waals surface area contributed by atoms with Gasteiger partial charge in [-0.3, -0.25) is 4.90 Å². The number of ether oxygens (including phenoxy) is 1. The highest BCUT2D eigenvalue weighted by atomic mass is 16.6. The predicted octanol–water partition coefficient (Wildman–Crippen LogP) is 6.16. The standard InChI is InChI=1S/C34H39N5O2/c1-35(2)25-11-9-24(10-12-25)34(32-22-21-30(38(7)8)23-31(32)33(40)41-34)39(28-17-13-26(14-18-28)36(3)4)29-19-15-27(16-20-29)37(5)6/h9-23H,1-8H3. The van der Waals surface area contributed by atoms with Crippen LogP contribution in [0.2, 0.25) is 0 Å². The fourth-order valence-corrected chi connectivity index (χ4v) is 5.33. The minimum atomic E-state index is -1.23. The lowest BCUT2D eigenvalue weighted by Gasteiger charge is -2.42. The number of fused-ring (bicyclic) bond motifs is 1. The van der Waals surface area contributed by atoms with Crippen LogP contribution in [0, 0.1) is 0 Å². The number of cyclic esters (lactones) is 1. The van der Waals surface area contributed by atoms with Gasteiger partial charge >= 0.3 is 5.97 Å². The van der Waals surface area contributed by atoms with Gasteiger partial charge in [-0.1, -0.05) is 12.1 Å². The molecule has 212 valence electrons. The van der Waals surface area contributed by atoms with Crippen molar-refractivity contribution in [2.45, 2.75) is 5.72 Å². The van der Waals surface area contributed by atoms with E-state index >= 15 is 0 Å². The summed E-state index contributed by atoms with van der Waals surface area (Å²) >= 11 is 0. The van der Waals surface area contributed by atoms with Gasteiger partial charge in [0, 0.05) is 102 Å². The molecule has 0 radical (unpaired) electrons. The third-order valence-corrected chi connectivity index (χ3v) is 7.68. The average Bonchev–Trinajstić information content (AvgIpc) is 3.25. The van der Waals surface area contributed by atoms with E-state index in [1.165, 1.54) is 0 Å². The number of rotatable bonds is 8. The number of carbonyl (C=O) groups is 1. The number of anilines is 6. The number of hydrogen-bond acceptors (Lipinski definition) is 7. The van der Waals surface area contributed by atoms with Crippen LogP contribution < -0.4 is 24.5 Å². The summed E-state index contributed by atoms with van der Waals surface area (Å²) in [7, 11) is 16.1. The summed E-state index contributed by atoms with van der Waals surface area (Å²) in [6.45, 7) is 0. The van der Waals surface area contributed by atoms with E-state index < -0.39 is 5.72 Å². The normalized spacial score (nSPS) is 15.7. The zero-order valence-corrected chi connectivity index (χ0v) is 25.2. The fourth-order valence-electron chi connectivity index (χ4n) is 5.33. The first kappa shape index (κ1) is 27.9. The Labute approximate surface area is 243 Å². The van der Waals surface area contributed by atoms with E-state index in [2.05, 4.69) is 92.4 Å². The molecule has 7 nitrogen and oxygen atoms in total. The molecule has 1 heterocycles. The Balaban J connectivity index is 1.82. The Bertz CT molecular complexity index is 1480. The van der Waals surface area contributed by atoms with E-state index in [4.69, 9.17) is 4.74 Å². The first-order chi connectivity index (χ1) is 19.5. The zero-order chi connectivity index (χ0) is 29.5. The first-order valence-electron chi connectivity index (χ1n) is 13.7. The maximum Gasteiger partial charge on any atom is 0.341 e. The molecule has 0 aromatic heterocycles. The van der Waals surface area contributed by atoms with Gasteiger partial charge in [-0.2, -0.15) is 0 Å². The molecule has 1 atom stereocenters. The van der Waals surface area contributed by atoms with E-state index in [-0.39, 0.29) is 5.97 Å². The molecule has 7 heteroatoms. The number of nitrogens with zero attached hydrogens (tertiary/aromatic N) is 5. The van der Waals surface area contributed by atoms with Gasteiger partial charge in [-0.05, 0) is 78.9 Å². The lowest BCUT2D eigenvalue weighted by Crippen LogP contribution is -2.45. The molecule has 0 spiro atoms. The summed E-state index contributed by atoms with van der Waals surface area (Å²) < 4.78 is 6.60. The van der Waals surface area contributed by atoms with E-state index in [0.29, 0.717) is 5.56 Å². The van der Waals surface area contributed by atoms with E-state index in [1.807, 2.05) is 79.5 Å². The van der Waals surface area contributed by atoms with Gasteiger partial charge in [0.25, 0.3) is 0 Å². The van der Waals surface area contributed by atoms with Crippen LogP contribution in [0.5, 0.6) is 0 Å². The van der Waals surface area contributed by atoms with Crippen LogP contribution in [-0.2, 0) is 10.5 Å². The van der Waals surface area contributed by atoms with Gasteiger partial charge in [0.1, 0.15) is 0 Å².